The fourth-order valence-corrected chi connectivity index (χ4v) is 1.43. The maximum absolute atomic E-state index is 11.7. The first kappa shape index (κ1) is 23.1. The molecular weight excluding hydrogens is 399 g/mol. The summed E-state index contributed by atoms with van der Waals surface area (Å²) in [4.78, 5) is 15.9. The van der Waals surface area contributed by atoms with E-state index in [1.807, 2.05) is 32.5 Å². The molecule has 0 aromatic carbocycles. The largest absolute Gasteiger partial charge is 0.355 e. The fourth-order valence-electron chi connectivity index (χ4n) is 1.21. The van der Waals surface area contributed by atoms with Crippen molar-refractivity contribution in [3.05, 3.63) is 0 Å². The van der Waals surface area contributed by atoms with Gasteiger partial charge in [-0.25, -0.2) is 0 Å². The van der Waals surface area contributed by atoms with E-state index in [4.69, 9.17) is 0 Å². The van der Waals surface area contributed by atoms with Crippen LogP contribution in [-0.2, 0) is 4.79 Å². The molecule has 0 aliphatic rings. The second-order valence-corrected chi connectivity index (χ2v) is 7.84. The molecule has 0 heterocycles. The van der Waals surface area contributed by atoms with Gasteiger partial charge in [-0.3, -0.25) is 9.79 Å². The number of carbonyl (C=O) groups excluding carboxylic acids is 1. The van der Waals surface area contributed by atoms with E-state index in [0.717, 1.165) is 12.5 Å². The molecule has 0 bridgehead atoms. The average Bonchev–Trinajstić information content (AvgIpc) is 2.36. The zero-order chi connectivity index (χ0) is 15.8. The van der Waals surface area contributed by atoms with Crippen LogP contribution in [0.5, 0.6) is 0 Å². The highest BCUT2D eigenvalue weighted by Gasteiger charge is 2.20. The molecule has 126 valence electrons. The quantitative estimate of drug-likeness (QED) is 0.261. The lowest BCUT2D eigenvalue weighted by atomic mass is 9.96. The fraction of sp³-hybridized carbons (Fsp3) is 0.857. The molecule has 1 amide bonds. The van der Waals surface area contributed by atoms with Crippen molar-refractivity contribution in [2.45, 2.75) is 39.4 Å². The summed E-state index contributed by atoms with van der Waals surface area (Å²) in [5.41, 5.74) is -0.345. The van der Waals surface area contributed by atoms with Crippen molar-refractivity contribution in [1.29, 1.82) is 0 Å². The van der Waals surface area contributed by atoms with E-state index in [2.05, 4.69) is 41.0 Å². The van der Waals surface area contributed by atoms with Crippen LogP contribution < -0.4 is 16.0 Å². The molecular formula is C14H31IN4OS. The zero-order valence-corrected chi connectivity index (χ0v) is 17.4. The van der Waals surface area contributed by atoms with Crippen molar-refractivity contribution < 1.29 is 4.79 Å². The third kappa shape index (κ3) is 11.1. The molecule has 0 aliphatic carbocycles. The van der Waals surface area contributed by atoms with Crippen LogP contribution in [0.2, 0.25) is 0 Å². The van der Waals surface area contributed by atoms with Gasteiger partial charge in [-0.15, -0.1) is 24.0 Å². The topological polar surface area (TPSA) is 65.5 Å². The van der Waals surface area contributed by atoms with Gasteiger partial charge in [0.15, 0.2) is 5.96 Å². The molecule has 21 heavy (non-hydrogen) atoms. The second kappa shape index (κ2) is 10.5. The Hall–Kier alpha value is -0.180. The summed E-state index contributed by atoms with van der Waals surface area (Å²) in [7, 11) is 1.75. The van der Waals surface area contributed by atoms with Gasteiger partial charge in [0.1, 0.15) is 0 Å². The van der Waals surface area contributed by atoms with Crippen LogP contribution in [0.3, 0.4) is 0 Å². The lowest BCUT2D eigenvalue weighted by molar-refractivity contribution is -0.128. The molecule has 5 nitrogen and oxygen atoms in total. The summed E-state index contributed by atoms with van der Waals surface area (Å²) in [5, 5.41) is 9.37. The Bertz CT molecular complexity index is 340. The summed E-state index contributed by atoms with van der Waals surface area (Å²) in [5.74, 6) is 0.822. The van der Waals surface area contributed by atoms with Gasteiger partial charge < -0.3 is 16.0 Å². The van der Waals surface area contributed by atoms with Gasteiger partial charge in [-0.2, -0.15) is 11.8 Å². The summed E-state index contributed by atoms with van der Waals surface area (Å²) in [6, 6.07) is 0. The molecule has 0 rings (SSSR count). The van der Waals surface area contributed by atoms with Gasteiger partial charge in [-0.1, -0.05) is 20.8 Å². The second-order valence-electron chi connectivity index (χ2n) is 6.32. The zero-order valence-electron chi connectivity index (χ0n) is 14.3. The van der Waals surface area contributed by atoms with Gasteiger partial charge in [0.25, 0.3) is 0 Å². The molecule has 0 saturated carbocycles. The van der Waals surface area contributed by atoms with Gasteiger partial charge in [0.2, 0.25) is 5.91 Å². The molecule has 0 saturated heterocycles. The minimum Gasteiger partial charge on any atom is -0.355 e. The average molecular weight is 430 g/mol. The molecule has 0 aliphatic heterocycles. The Labute approximate surface area is 150 Å². The van der Waals surface area contributed by atoms with Crippen molar-refractivity contribution in [2.24, 2.45) is 10.4 Å². The molecule has 3 N–H and O–H groups in total. The highest BCUT2D eigenvalue weighted by atomic mass is 127. The number of nitrogens with one attached hydrogen (secondary N) is 3. The van der Waals surface area contributed by atoms with E-state index in [1.54, 1.807) is 7.05 Å². The number of hydrogen-bond donors (Lipinski definition) is 3. The van der Waals surface area contributed by atoms with Crippen molar-refractivity contribution >= 4 is 47.6 Å². The Balaban J connectivity index is 0. The van der Waals surface area contributed by atoms with Crippen LogP contribution in [0.4, 0.5) is 0 Å². The number of thioether (sulfide) groups is 1. The van der Waals surface area contributed by atoms with Crippen LogP contribution in [0, 0.1) is 5.41 Å². The Morgan fingerprint density at radius 2 is 1.57 bits per heavy atom. The predicted octanol–water partition coefficient (Wildman–Crippen LogP) is 2.07. The number of nitrogens with zero attached hydrogens (tertiary/aromatic N) is 1. The summed E-state index contributed by atoms with van der Waals surface area (Å²) >= 11 is 1.81. The first-order valence-corrected chi connectivity index (χ1v) is 8.13. The molecule has 0 atom stereocenters. The molecule has 7 heteroatoms. The lowest BCUT2D eigenvalue weighted by Crippen LogP contribution is -2.46. The Morgan fingerprint density at radius 1 is 1.05 bits per heavy atom. The molecule has 0 radical (unpaired) electrons. The van der Waals surface area contributed by atoms with E-state index in [0.29, 0.717) is 13.1 Å². The van der Waals surface area contributed by atoms with Crippen LogP contribution in [0.15, 0.2) is 4.99 Å². The number of amides is 1. The van der Waals surface area contributed by atoms with Crippen molar-refractivity contribution in [1.82, 2.24) is 16.0 Å². The maximum atomic E-state index is 11.7. The molecule has 0 unspecified atom stereocenters. The monoisotopic (exact) mass is 430 g/mol. The highest BCUT2D eigenvalue weighted by Crippen LogP contribution is 2.19. The predicted molar refractivity (Wildman–Crippen MR) is 105 cm³/mol. The van der Waals surface area contributed by atoms with E-state index in [-0.39, 0.29) is 40.0 Å². The van der Waals surface area contributed by atoms with E-state index in [9.17, 15) is 4.79 Å². The first-order valence-electron chi connectivity index (χ1n) is 6.90. The smallest absolute Gasteiger partial charge is 0.225 e. The van der Waals surface area contributed by atoms with Gasteiger partial charge in [-0.05, 0) is 20.1 Å². The third-order valence-corrected chi connectivity index (χ3v) is 4.09. The highest BCUT2D eigenvalue weighted by molar-refractivity contribution is 14.0. The number of carbonyl (C=O) groups is 1. The Kier molecular flexibility index (Phi) is 11.6. The molecule has 0 aromatic rings. The lowest BCUT2D eigenvalue weighted by Gasteiger charge is -2.24. The number of guanidine groups is 1. The molecule has 0 aromatic heterocycles. The number of rotatable bonds is 6. The number of hydrogen-bond acceptors (Lipinski definition) is 3. The van der Waals surface area contributed by atoms with Crippen LogP contribution in [0.1, 0.15) is 34.6 Å². The normalized spacial score (nSPS) is 12.4. The van der Waals surface area contributed by atoms with E-state index in [1.165, 1.54) is 0 Å². The minimum atomic E-state index is -0.345. The van der Waals surface area contributed by atoms with Crippen molar-refractivity contribution in [3.8, 4) is 0 Å². The van der Waals surface area contributed by atoms with E-state index < -0.39 is 0 Å². The molecule has 0 fully saturated rings. The van der Waals surface area contributed by atoms with Crippen molar-refractivity contribution in [3.63, 3.8) is 0 Å². The third-order valence-electron chi connectivity index (χ3n) is 2.84. The van der Waals surface area contributed by atoms with Crippen LogP contribution >= 0.6 is 35.7 Å². The SMILES string of the molecule is CN=C(NCCNC(=O)C(C)(C)C)NCC(C)(C)SC.I. The Morgan fingerprint density at radius 3 is 2.00 bits per heavy atom. The standard InChI is InChI=1S/C14H30N4OS.HI/c1-13(2,3)11(19)16-8-9-17-12(15-6)18-10-14(4,5)20-7;/h8-10H2,1-7H3,(H,16,19)(H2,15,17,18);1H. The first-order chi connectivity index (χ1) is 9.12. The molecule has 0 spiro atoms. The summed E-state index contributed by atoms with van der Waals surface area (Å²) in [6.07, 6.45) is 2.10. The van der Waals surface area contributed by atoms with Crippen LogP contribution in [0.25, 0.3) is 0 Å². The number of halogens is 1. The van der Waals surface area contributed by atoms with Gasteiger partial charge in [0.05, 0.1) is 0 Å². The van der Waals surface area contributed by atoms with Gasteiger partial charge >= 0.3 is 0 Å². The van der Waals surface area contributed by atoms with Crippen molar-refractivity contribution in [2.75, 3.05) is 32.9 Å². The number of aliphatic imine (C=N–C) groups is 1. The minimum absolute atomic E-state index is 0. The summed E-state index contributed by atoms with van der Waals surface area (Å²) in [6.45, 7) is 12.2. The summed E-state index contributed by atoms with van der Waals surface area (Å²) < 4.78 is 0.165. The van der Waals surface area contributed by atoms with E-state index >= 15 is 0 Å². The maximum Gasteiger partial charge on any atom is 0.225 e. The van der Waals surface area contributed by atoms with Crippen LogP contribution in [-0.4, -0.2) is 49.6 Å². The van der Waals surface area contributed by atoms with Gasteiger partial charge in [0, 0.05) is 36.8 Å².